The number of ether oxygens (including phenoxy) is 2. The van der Waals surface area contributed by atoms with E-state index < -0.39 is 12.0 Å². The molecule has 1 aliphatic heterocycles. The zero-order valence-electron chi connectivity index (χ0n) is 19.1. The number of nitrogens with one attached hydrogen (secondary N) is 2. The number of benzene rings is 3. The first-order chi connectivity index (χ1) is 16.9. The van der Waals surface area contributed by atoms with Gasteiger partial charge in [-0.1, -0.05) is 35.9 Å². The molecular formula is C27H23ClN2O5. The topological polar surface area (TPSA) is 93.7 Å². The van der Waals surface area contributed by atoms with Gasteiger partial charge in [0, 0.05) is 21.9 Å². The lowest BCUT2D eigenvalue weighted by atomic mass is 9.89. The van der Waals surface area contributed by atoms with Gasteiger partial charge >= 0.3 is 12.0 Å². The fraction of sp³-hybridized carbons (Fsp3) is 0.148. The quantitative estimate of drug-likeness (QED) is 0.350. The van der Waals surface area contributed by atoms with E-state index in [1.54, 1.807) is 67.6 Å². The SMILES string of the molecule is COC(=O)c1ccc(COc2ccc([C@H]3NC(=O)NC(C)=C3C(=O)c3ccc(Cl)cc3)cc2)cc1. The third kappa shape index (κ3) is 5.53. The van der Waals surface area contributed by atoms with E-state index in [1.165, 1.54) is 7.11 Å². The standard InChI is InChI=1S/C27H23ClN2O5/c1-16-23(25(31)19-7-11-21(28)12-8-19)24(30-27(33)29-16)18-9-13-22(14-10-18)35-15-17-3-5-20(6-4-17)26(32)34-2/h3-14,24H,15H2,1-2H3,(H2,29,30,33)/t24-/m1/s1. The number of carbonyl (C=O) groups is 3. The van der Waals surface area contributed by atoms with Crippen LogP contribution >= 0.6 is 11.6 Å². The summed E-state index contributed by atoms with van der Waals surface area (Å²) in [6.45, 7) is 2.02. The first-order valence-corrected chi connectivity index (χ1v) is 11.2. The smallest absolute Gasteiger partial charge is 0.337 e. The zero-order chi connectivity index (χ0) is 24.9. The summed E-state index contributed by atoms with van der Waals surface area (Å²) in [5.41, 5.74) is 3.52. The monoisotopic (exact) mass is 490 g/mol. The van der Waals surface area contributed by atoms with Gasteiger partial charge in [0.1, 0.15) is 12.4 Å². The summed E-state index contributed by atoms with van der Waals surface area (Å²) in [6.07, 6.45) is 0. The van der Waals surface area contributed by atoms with Gasteiger partial charge in [0.15, 0.2) is 5.78 Å². The van der Waals surface area contributed by atoms with E-state index in [1.807, 2.05) is 12.1 Å². The van der Waals surface area contributed by atoms with Crippen LogP contribution in [0.25, 0.3) is 0 Å². The van der Waals surface area contributed by atoms with Crippen LogP contribution < -0.4 is 15.4 Å². The molecular weight excluding hydrogens is 468 g/mol. The van der Waals surface area contributed by atoms with Gasteiger partial charge in [0.2, 0.25) is 0 Å². The Morgan fingerprint density at radius 1 is 0.914 bits per heavy atom. The molecule has 0 unspecified atom stereocenters. The van der Waals surface area contributed by atoms with Gasteiger partial charge in [0.05, 0.1) is 18.7 Å². The van der Waals surface area contributed by atoms with Crippen molar-refractivity contribution in [3.63, 3.8) is 0 Å². The second-order valence-corrected chi connectivity index (χ2v) is 8.39. The number of amides is 2. The van der Waals surface area contributed by atoms with Crippen molar-refractivity contribution in [3.05, 3.63) is 111 Å². The summed E-state index contributed by atoms with van der Waals surface area (Å²) >= 11 is 5.96. The average molecular weight is 491 g/mol. The Hall–Kier alpha value is -4.10. The minimum absolute atomic E-state index is 0.201. The van der Waals surface area contributed by atoms with E-state index in [0.29, 0.717) is 39.8 Å². The molecule has 0 aliphatic carbocycles. The highest BCUT2D eigenvalue weighted by atomic mass is 35.5. The molecule has 1 atom stereocenters. The molecule has 0 saturated carbocycles. The lowest BCUT2D eigenvalue weighted by Gasteiger charge is -2.28. The normalized spacial score (nSPS) is 15.2. The molecule has 2 amide bonds. The summed E-state index contributed by atoms with van der Waals surface area (Å²) in [5.74, 6) is 0.0287. The average Bonchev–Trinajstić information content (AvgIpc) is 2.87. The summed E-state index contributed by atoms with van der Waals surface area (Å²) in [5, 5.41) is 6.06. The maximum absolute atomic E-state index is 13.3. The molecule has 4 rings (SSSR count). The van der Waals surface area contributed by atoms with Crippen LogP contribution in [0.4, 0.5) is 4.79 Å². The number of urea groups is 1. The van der Waals surface area contributed by atoms with Gasteiger partial charge in [-0.25, -0.2) is 9.59 Å². The van der Waals surface area contributed by atoms with E-state index >= 15 is 0 Å². The van der Waals surface area contributed by atoms with E-state index in [-0.39, 0.29) is 11.8 Å². The molecule has 3 aromatic rings. The van der Waals surface area contributed by atoms with Crippen molar-refractivity contribution in [2.45, 2.75) is 19.6 Å². The Balaban J connectivity index is 1.50. The van der Waals surface area contributed by atoms with Crippen molar-refractivity contribution in [3.8, 4) is 5.75 Å². The molecule has 8 heteroatoms. The molecule has 178 valence electrons. The molecule has 0 fully saturated rings. The van der Waals surface area contributed by atoms with E-state index in [4.69, 9.17) is 21.1 Å². The number of allylic oxidation sites excluding steroid dienone is 1. The van der Waals surface area contributed by atoms with Crippen LogP contribution in [0.3, 0.4) is 0 Å². The largest absolute Gasteiger partial charge is 0.489 e. The summed E-state index contributed by atoms with van der Waals surface area (Å²) < 4.78 is 10.6. The van der Waals surface area contributed by atoms with Crippen molar-refractivity contribution in [2.75, 3.05) is 7.11 Å². The number of halogens is 1. The minimum atomic E-state index is -0.619. The molecule has 0 radical (unpaired) electrons. The van der Waals surface area contributed by atoms with Crippen molar-refractivity contribution in [1.82, 2.24) is 10.6 Å². The Morgan fingerprint density at radius 2 is 1.54 bits per heavy atom. The number of ketones is 1. The van der Waals surface area contributed by atoms with E-state index in [0.717, 1.165) is 11.1 Å². The van der Waals surface area contributed by atoms with Crippen LogP contribution in [0.1, 0.15) is 44.8 Å². The van der Waals surface area contributed by atoms with Gasteiger partial charge in [-0.3, -0.25) is 4.79 Å². The van der Waals surface area contributed by atoms with Crippen LogP contribution in [0, 0.1) is 0 Å². The van der Waals surface area contributed by atoms with Gasteiger partial charge < -0.3 is 20.1 Å². The predicted octanol–water partition coefficient (Wildman–Crippen LogP) is 5.22. The van der Waals surface area contributed by atoms with Gasteiger partial charge in [-0.15, -0.1) is 0 Å². The Bertz CT molecular complexity index is 1280. The zero-order valence-corrected chi connectivity index (χ0v) is 19.9. The Labute approximate surface area is 207 Å². The molecule has 0 saturated heterocycles. The van der Waals surface area contributed by atoms with Gasteiger partial charge in [0.25, 0.3) is 0 Å². The molecule has 2 N–H and O–H groups in total. The molecule has 35 heavy (non-hydrogen) atoms. The molecule has 7 nitrogen and oxygen atoms in total. The molecule has 1 heterocycles. The minimum Gasteiger partial charge on any atom is -0.489 e. The van der Waals surface area contributed by atoms with Crippen LogP contribution in [0.15, 0.2) is 84.1 Å². The number of methoxy groups -OCH3 is 1. The van der Waals surface area contributed by atoms with Gasteiger partial charge in [-0.05, 0) is 66.6 Å². The Kier molecular flexibility index (Phi) is 7.17. The van der Waals surface area contributed by atoms with Gasteiger partial charge in [-0.2, -0.15) is 0 Å². The number of hydrogen-bond donors (Lipinski definition) is 2. The highest BCUT2D eigenvalue weighted by Gasteiger charge is 2.31. The number of Topliss-reactive ketones (excluding diaryl/α,β-unsaturated/α-hetero) is 1. The van der Waals surface area contributed by atoms with Crippen LogP contribution in [-0.2, 0) is 11.3 Å². The molecule has 0 spiro atoms. The lowest BCUT2D eigenvalue weighted by Crippen LogP contribution is -2.45. The van der Waals surface area contributed by atoms with E-state index in [2.05, 4.69) is 10.6 Å². The summed E-state index contributed by atoms with van der Waals surface area (Å²) in [6, 6.07) is 19.8. The number of hydrogen-bond acceptors (Lipinski definition) is 5. The second-order valence-electron chi connectivity index (χ2n) is 7.95. The third-order valence-electron chi connectivity index (χ3n) is 5.61. The highest BCUT2D eigenvalue weighted by molar-refractivity contribution is 6.30. The van der Waals surface area contributed by atoms with Crippen molar-refractivity contribution >= 4 is 29.4 Å². The maximum atomic E-state index is 13.3. The molecule has 0 bridgehead atoms. The van der Waals surface area contributed by atoms with Crippen molar-refractivity contribution < 1.29 is 23.9 Å². The van der Waals surface area contributed by atoms with Crippen LogP contribution in [-0.4, -0.2) is 24.9 Å². The number of rotatable bonds is 7. The fourth-order valence-electron chi connectivity index (χ4n) is 3.78. The number of carbonyl (C=O) groups excluding carboxylic acids is 3. The molecule has 1 aliphatic rings. The summed E-state index contributed by atoms with van der Waals surface area (Å²) in [4.78, 5) is 37.0. The number of esters is 1. The first kappa shape index (κ1) is 24.0. The second kappa shape index (κ2) is 10.4. The molecule has 0 aromatic heterocycles. The first-order valence-electron chi connectivity index (χ1n) is 10.8. The van der Waals surface area contributed by atoms with Crippen LogP contribution in [0.5, 0.6) is 5.75 Å². The highest BCUT2D eigenvalue weighted by Crippen LogP contribution is 2.31. The van der Waals surface area contributed by atoms with Crippen molar-refractivity contribution in [1.29, 1.82) is 0 Å². The molecule has 3 aromatic carbocycles. The third-order valence-corrected chi connectivity index (χ3v) is 5.87. The van der Waals surface area contributed by atoms with E-state index in [9.17, 15) is 14.4 Å². The van der Waals surface area contributed by atoms with Crippen LogP contribution in [0.2, 0.25) is 5.02 Å². The maximum Gasteiger partial charge on any atom is 0.337 e. The summed E-state index contributed by atoms with van der Waals surface area (Å²) in [7, 11) is 1.34. The predicted molar refractivity (Wildman–Crippen MR) is 131 cm³/mol. The Morgan fingerprint density at radius 3 is 2.17 bits per heavy atom. The lowest BCUT2D eigenvalue weighted by molar-refractivity contribution is 0.0600. The fourth-order valence-corrected chi connectivity index (χ4v) is 3.91. The van der Waals surface area contributed by atoms with Crippen molar-refractivity contribution in [2.24, 2.45) is 0 Å².